The number of benzene rings is 4. The predicted molar refractivity (Wildman–Crippen MR) is 131 cm³/mol. The fraction of sp³-hybridized carbons (Fsp3) is 0.107. The first-order valence-electron chi connectivity index (χ1n) is 10.6. The van der Waals surface area contributed by atoms with Gasteiger partial charge in [-0.15, -0.1) is 11.3 Å². The zero-order valence-electron chi connectivity index (χ0n) is 17.6. The first-order chi connectivity index (χ1) is 15.1. The molecule has 1 aliphatic rings. The Morgan fingerprint density at radius 1 is 0.806 bits per heavy atom. The molecule has 31 heavy (non-hydrogen) atoms. The SMILES string of the molecule is Cc1c2c(cc3ccccc13)Oc1c(C)c3sc4ccccc4c3c3cc[n+](C)c-2c13. The minimum atomic E-state index is 0.954. The average molecular weight is 419 g/mol. The number of pyridine rings is 1. The number of hydrogen-bond donors (Lipinski definition) is 0. The number of thiophene rings is 1. The first kappa shape index (κ1) is 17.3. The summed E-state index contributed by atoms with van der Waals surface area (Å²) in [5, 5.41) is 7.69. The van der Waals surface area contributed by atoms with Crippen LogP contribution in [0.2, 0.25) is 0 Å². The molecule has 7 rings (SSSR count). The van der Waals surface area contributed by atoms with Crippen LogP contribution in [0.15, 0.2) is 66.9 Å². The van der Waals surface area contributed by atoms with Gasteiger partial charge in [-0.05, 0) is 42.3 Å². The van der Waals surface area contributed by atoms with E-state index in [0.29, 0.717) is 0 Å². The lowest BCUT2D eigenvalue weighted by atomic mass is 9.90. The van der Waals surface area contributed by atoms with Gasteiger partial charge in [-0.25, -0.2) is 4.57 Å². The van der Waals surface area contributed by atoms with Crippen LogP contribution in [0.4, 0.5) is 0 Å². The Balaban J connectivity index is 1.75. The summed E-state index contributed by atoms with van der Waals surface area (Å²) in [5.41, 5.74) is 4.96. The van der Waals surface area contributed by atoms with Gasteiger partial charge in [-0.2, -0.15) is 0 Å². The maximum absolute atomic E-state index is 6.72. The first-order valence-corrected chi connectivity index (χ1v) is 11.4. The van der Waals surface area contributed by atoms with E-state index < -0.39 is 0 Å². The Morgan fingerprint density at radius 2 is 1.58 bits per heavy atom. The van der Waals surface area contributed by atoms with Crippen molar-refractivity contribution in [2.75, 3.05) is 0 Å². The van der Waals surface area contributed by atoms with Crippen LogP contribution in [0.5, 0.6) is 11.5 Å². The number of rotatable bonds is 0. The van der Waals surface area contributed by atoms with Crippen LogP contribution in [0, 0.1) is 13.8 Å². The maximum atomic E-state index is 6.72. The van der Waals surface area contributed by atoms with Crippen molar-refractivity contribution in [2.24, 2.45) is 7.05 Å². The summed E-state index contributed by atoms with van der Waals surface area (Å²) in [6.45, 7) is 4.43. The van der Waals surface area contributed by atoms with E-state index >= 15 is 0 Å². The van der Waals surface area contributed by atoms with Gasteiger partial charge in [0.05, 0.1) is 10.9 Å². The molecule has 4 aromatic carbocycles. The second-order valence-corrected chi connectivity index (χ2v) is 9.57. The molecule has 2 nitrogen and oxygen atoms in total. The van der Waals surface area contributed by atoms with E-state index in [-0.39, 0.29) is 0 Å². The molecular formula is C28H20NOS+. The van der Waals surface area contributed by atoms with Gasteiger partial charge in [0, 0.05) is 37.2 Å². The van der Waals surface area contributed by atoms with E-state index in [0.717, 1.165) is 11.5 Å². The Morgan fingerprint density at radius 3 is 2.45 bits per heavy atom. The van der Waals surface area contributed by atoms with Crippen molar-refractivity contribution in [3.63, 3.8) is 0 Å². The molecule has 148 valence electrons. The highest BCUT2D eigenvalue weighted by atomic mass is 32.1. The molecule has 3 heterocycles. The lowest BCUT2D eigenvalue weighted by Gasteiger charge is -2.23. The predicted octanol–water partition coefficient (Wildman–Crippen LogP) is 7.57. The summed E-state index contributed by atoms with van der Waals surface area (Å²) in [6.07, 6.45) is 2.20. The lowest BCUT2D eigenvalue weighted by molar-refractivity contribution is -0.659. The smallest absolute Gasteiger partial charge is 0.228 e. The second kappa shape index (κ2) is 5.83. The molecule has 2 aromatic heterocycles. The molecule has 0 saturated heterocycles. The maximum Gasteiger partial charge on any atom is 0.228 e. The number of nitrogens with zero attached hydrogens (tertiary/aromatic N) is 1. The van der Waals surface area contributed by atoms with Crippen molar-refractivity contribution in [3.05, 3.63) is 78.0 Å². The van der Waals surface area contributed by atoms with Crippen LogP contribution in [0.25, 0.3) is 53.0 Å². The van der Waals surface area contributed by atoms with Gasteiger partial charge in [0.2, 0.25) is 5.69 Å². The quantitative estimate of drug-likeness (QED) is 0.231. The van der Waals surface area contributed by atoms with Crippen molar-refractivity contribution >= 4 is 53.1 Å². The molecule has 0 radical (unpaired) electrons. The molecule has 0 unspecified atom stereocenters. The monoisotopic (exact) mass is 418 g/mol. The van der Waals surface area contributed by atoms with Crippen molar-refractivity contribution < 1.29 is 9.30 Å². The van der Waals surface area contributed by atoms with Crippen LogP contribution in [0.1, 0.15) is 11.1 Å². The zero-order chi connectivity index (χ0) is 20.9. The second-order valence-electron chi connectivity index (χ2n) is 8.52. The number of ether oxygens (including phenoxy) is 1. The summed E-state index contributed by atoms with van der Waals surface area (Å²) in [4.78, 5) is 0. The van der Waals surface area contributed by atoms with Crippen LogP contribution >= 0.6 is 11.3 Å². The van der Waals surface area contributed by atoms with E-state index in [1.54, 1.807) is 0 Å². The third-order valence-electron chi connectivity index (χ3n) is 6.82. The van der Waals surface area contributed by atoms with Gasteiger partial charge in [-0.3, -0.25) is 0 Å². The van der Waals surface area contributed by atoms with Crippen LogP contribution in [-0.2, 0) is 7.05 Å². The number of aryl methyl sites for hydroxylation is 3. The van der Waals surface area contributed by atoms with Crippen LogP contribution in [0.3, 0.4) is 0 Å². The van der Waals surface area contributed by atoms with E-state index in [4.69, 9.17) is 4.74 Å². The fourth-order valence-corrected chi connectivity index (χ4v) is 6.58. The van der Waals surface area contributed by atoms with E-state index in [2.05, 4.69) is 92.3 Å². The molecule has 6 aromatic rings. The largest absolute Gasteiger partial charge is 0.455 e. The number of hydrogen-bond acceptors (Lipinski definition) is 2. The van der Waals surface area contributed by atoms with E-state index in [1.807, 2.05) is 11.3 Å². The minimum Gasteiger partial charge on any atom is -0.455 e. The average Bonchev–Trinajstić information content (AvgIpc) is 3.18. The molecule has 0 spiro atoms. The molecule has 3 heteroatoms. The van der Waals surface area contributed by atoms with E-state index in [1.165, 1.54) is 64.1 Å². The van der Waals surface area contributed by atoms with E-state index in [9.17, 15) is 0 Å². The Bertz CT molecular complexity index is 1740. The Labute approximate surface area is 183 Å². The summed E-state index contributed by atoms with van der Waals surface area (Å²) < 4.78 is 11.6. The van der Waals surface area contributed by atoms with Crippen molar-refractivity contribution in [2.45, 2.75) is 13.8 Å². The van der Waals surface area contributed by atoms with Gasteiger partial charge in [-0.1, -0.05) is 42.5 Å². The Hall–Kier alpha value is -3.43. The zero-order valence-corrected chi connectivity index (χ0v) is 18.4. The third kappa shape index (κ3) is 2.09. The van der Waals surface area contributed by atoms with Gasteiger partial charge < -0.3 is 4.74 Å². The van der Waals surface area contributed by atoms with Gasteiger partial charge in [0.25, 0.3) is 0 Å². The summed E-state index contributed by atoms with van der Waals surface area (Å²) in [6, 6.07) is 21.8. The standard InChI is InChI=1S/C28H20NOS/c1-15-18-9-5-4-8-17(18)14-21-23(15)26-25-20(12-13-29(26)3)24-19-10-6-7-11-22(19)31-28(24)16(2)27(25)30-21/h4-14H,1-3H3/q+1. The molecule has 0 saturated carbocycles. The number of fused-ring (bicyclic) bond motifs is 7. The fourth-order valence-electron chi connectivity index (χ4n) is 5.36. The van der Waals surface area contributed by atoms with Crippen molar-refractivity contribution in [3.8, 4) is 22.8 Å². The van der Waals surface area contributed by atoms with Crippen LogP contribution in [-0.4, -0.2) is 0 Å². The number of aromatic nitrogens is 1. The van der Waals surface area contributed by atoms with Crippen LogP contribution < -0.4 is 9.30 Å². The Kier molecular flexibility index (Phi) is 3.25. The molecule has 0 N–H and O–H groups in total. The summed E-state index contributed by atoms with van der Waals surface area (Å²) in [7, 11) is 2.15. The molecule has 0 bridgehead atoms. The molecule has 1 aliphatic heterocycles. The minimum absolute atomic E-state index is 0.954. The molecular weight excluding hydrogens is 398 g/mol. The van der Waals surface area contributed by atoms with Gasteiger partial charge in [0.15, 0.2) is 6.20 Å². The van der Waals surface area contributed by atoms with Gasteiger partial charge in [0.1, 0.15) is 18.5 Å². The lowest BCUT2D eigenvalue weighted by Crippen LogP contribution is -2.32. The normalized spacial score (nSPS) is 12.6. The summed E-state index contributed by atoms with van der Waals surface area (Å²) >= 11 is 1.87. The molecule has 0 atom stereocenters. The highest BCUT2D eigenvalue weighted by molar-refractivity contribution is 7.26. The highest BCUT2D eigenvalue weighted by Gasteiger charge is 2.33. The van der Waals surface area contributed by atoms with Gasteiger partial charge >= 0.3 is 0 Å². The molecule has 0 fully saturated rings. The highest BCUT2D eigenvalue weighted by Crippen LogP contribution is 2.53. The van der Waals surface area contributed by atoms with Crippen molar-refractivity contribution in [1.29, 1.82) is 0 Å². The van der Waals surface area contributed by atoms with Crippen molar-refractivity contribution in [1.82, 2.24) is 0 Å². The molecule has 0 amide bonds. The third-order valence-corrected chi connectivity index (χ3v) is 8.11. The topological polar surface area (TPSA) is 13.1 Å². The summed E-state index contributed by atoms with van der Waals surface area (Å²) in [5.74, 6) is 1.96. The molecule has 0 aliphatic carbocycles.